The lowest BCUT2D eigenvalue weighted by atomic mass is 10.1. The molecule has 0 bridgehead atoms. The number of nitrogens with one attached hydrogen (secondary N) is 1. The van der Waals surface area contributed by atoms with E-state index < -0.39 is 36.2 Å². The summed E-state index contributed by atoms with van der Waals surface area (Å²) in [4.78, 5) is 16.4. The second-order valence-corrected chi connectivity index (χ2v) is 6.40. The van der Waals surface area contributed by atoms with Gasteiger partial charge in [0.2, 0.25) is 5.95 Å². The third-order valence-electron chi connectivity index (χ3n) is 4.34. The van der Waals surface area contributed by atoms with Crippen LogP contribution in [0.4, 0.5) is 23.5 Å². The number of carbonyl (C=O) groups excluding carboxylic acids is 1. The first-order valence-corrected chi connectivity index (χ1v) is 8.66. The van der Waals surface area contributed by atoms with Crippen molar-refractivity contribution < 1.29 is 22.4 Å². The lowest BCUT2D eigenvalue weighted by molar-refractivity contribution is -0.119. The van der Waals surface area contributed by atoms with E-state index in [2.05, 4.69) is 20.5 Å². The summed E-state index contributed by atoms with van der Waals surface area (Å²) in [6.45, 7) is 3.65. The van der Waals surface area contributed by atoms with Crippen molar-refractivity contribution >= 4 is 11.9 Å². The van der Waals surface area contributed by atoms with Gasteiger partial charge in [-0.05, 0) is 31.0 Å². The first kappa shape index (κ1) is 20.5. The van der Waals surface area contributed by atoms with Crippen molar-refractivity contribution in [3.8, 4) is 0 Å². The molecule has 2 aromatic heterocycles. The molecule has 3 aromatic rings. The van der Waals surface area contributed by atoms with Crippen LogP contribution < -0.4 is 5.32 Å². The molecule has 1 aromatic carbocycles. The van der Waals surface area contributed by atoms with E-state index in [1.165, 1.54) is 17.9 Å². The Kier molecular flexibility index (Phi) is 5.95. The van der Waals surface area contributed by atoms with Gasteiger partial charge in [-0.1, -0.05) is 24.3 Å². The molecule has 0 aliphatic rings. The molecule has 1 unspecified atom stereocenters. The number of hydrogen-bond donors (Lipinski definition) is 1. The fraction of sp³-hybridized carbons (Fsp3) is 0.333. The van der Waals surface area contributed by atoms with Gasteiger partial charge >= 0.3 is 0 Å². The number of anilines is 1. The summed E-state index contributed by atoms with van der Waals surface area (Å²) in [7, 11) is 0. The molecule has 1 amide bonds. The van der Waals surface area contributed by atoms with Gasteiger partial charge < -0.3 is 0 Å². The predicted molar refractivity (Wildman–Crippen MR) is 95.8 cm³/mol. The number of hydrogen-bond acceptors (Lipinski definition) is 4. The number of halogens is 4. The van der Waals surface area contributed by atoms with E-state index in [4.69, 9.17) is 0 Å². The quantitative estimate of drug-likeness (QED) is 0.599. The molecule has 7 nitrogen and oxygen atoms in total. The zero-order valence-electron chi connectivity index (χ0n) is 15.6. The second kappa shape index (κ2) is 8.41. The van der Waals surface area contributed by atoms with E-state index in [0.717, 1.165) is 11.1 Å². The third-order valence-corrected chi connectivity index (χ3v) is 4.34. The fourth-order valence-electron chi connectivity index (χ4n) is 2.72. The minimum Gasteiger partial charge on any atom is -0.291 e. The highest BCUT2D eigenvalue weighted by Gasteiger charge is 2.27. The van der Waals surface area contributed by atoms with E-state index in [0.29, 0.717) is 17.3 Å². The topological polar surface area (TPSA) is 77.6 Å². The van der Waals surface area contributed by atoms with Gasteiger partial charge in [-0.15, -0.1) is 5.10 Å². The number of carbonyl (C=O) groups is 1. The normalized spacial score (nSPS) is 12.6. The van der Waals surface area contributed by atoms with Gasteiger partial charge in [-0.25, -0.2) is 27.2 Å². The summed E-state index contributed by atoms with van der Waals surface area (Å²) >= 11 is 0. The monoisotopic (exact) mass is 410 g/mol. The summed E-state index contributed by atoms with van der Waals surface area (Å²) in [5, 5.41) is 9.96. The van der Waals surface area contributed by atoms with Gasteiger partial charge in [0, 0.05) is 0 Å². The minimum absolute atomic E-state index is 0.0322. The number of amides is 1. The molecule has 0 spiro atoms. The zero-order valence-corrected chi connectivity index (χ0v) is 15.6. The van der Waals surface area contributed by atoms with Gasteiger partial charge in [-0.3, -0.25) is 14.8 Å². The van der Waals surface area contributed by atoms with Crippen LogP contribution in [0.15, 0.2) is 36.7 Å². The van der Waals surface area contributed by atoms with Crippen molar-refractivity contribution in [2.24, 2.45) is 0 Å². The van der Waals surface area contributed by atoms with Crippen molar-refractivity contribution in [2.75, 3.05) is 5.32 Å². The molecule has 154 valence electrons. The van der Waals surface area contributed by atoms with Gasteiger partial charge in [0.05, 0.1) is 6.54 Å². The molecule has 1 N–H and O–H groups in total. The second-order valence-electron chi connectivity index (χ2n) is 6.40. The molecule has 0 saturated heterocycles. The maximum absolute atomic E-state index is 13.1. The van der Waals surface area contributed by atoms with E-state index in [-0.39, 0.29) is 5.95 Å². The predicted octanol–water partition coefficient (Wildman–Crippen LogP) is 3.91. The summed E-state index contributed by atoms with van der Waals surface area (Å²) in [5.74, 6) is -0.792. The number of aromatic nitrogens is 5. The maximum Gasteiger partial charge on any atom is 0.282 e. The SMILES string of the molecule is Cc1ccccc1Cn1cnc(NC(=O)C(C)n2nc(C(F)F)cc2C(F)F)n1. The van der Waals surface area contributed by atoms with E-state index in [1.54, 1.807) is 0 Å². The lowest BCUT2D eigenvalue weighted by Crippen LogP contribution is -2.26. The van der Waals surface area contributed by atoms with Crippen LogP contribution >= 0.6 is 0 Å². The fourth-order valence-corrected chi connectivity index (χ4v) is 2.72. The minimum atomic E-state index is -3.06. The third kappa shape index (κ3) is 4.61. The summed E-state index contributed by atoms with van der Waals surface area (Å²) in [5.41, 5.74) is 0.498. The molecule has 0 fully saturated rings. The Hall–Kier alpha value is -3.24. The highest BCUT2D eigenvalue weighted by atomic mass is 19.3. The maximum atomic E-state index is 13.1. The van der Waals surface area contributed by atoms with Crippen molar-refractivity contribution in [2.45, 2.75) is 39.3 Å². The van der Waals surface area contributed by atoms with Crippen LogP contribution in [0.2, 0.25) is 0 Å². The highest BCUT2D eigenvalue weighted by molar-refractivity contribution is 5.91. The average Bonchev–Trinajstić information content (AvgIpc) is 3.30. The highest BCUT2D eigenvalue weighted by Crippen LogP contribution is 2.27. The number of alkyl halides is 4. The van der Waals surface area contributed by atoms with Crippen LogP contribution in [0.3, 0.4) is 0 Å². The number of rotatable bonds is 7. The largest absolute Gasteiger partial charge is 0.291 e. The molecule has 0 radical (unpaired) electrons. The van der Waals surface area contributed by atoms with Crippen molar-refractivity contribution in [3.63, 3.8) is 0 Å². The molecular formula is C18H18F4N6O. The first-order chi connectivity index (χ1) is 13.8. The van der Waals surface area contributed by atoms with Crippen LogP contribution in [0.25, 0.3) is 0 Å². The molecule has 0 saturated carbocycles. The van der Waals surface area contributed by atoms with Gasteiger partial charge in [-0.2, -0.15) is 5.10 Å². The standard InChI is InChI=1S/C18H18F4N6O/c1-10-5-3-4-6-12(10)8-27-9-23-18(26-27)24-17(29)11(2)28-14(16(21)22)7-13(25-28)15(19)20/h3-7,9,11,15-16H,8H2,1-2H3,(H,24,26,29). The molecule has 11 heteroatoms. The van der Waals surface area contributed by atoms with Crippen molar-refractivity contribution in [1.29, 1.82) is 0 Å². The van der Waals surface area contributed by atoms with Crippen molar-refractivity contribution in [1.82, 2.24) is 24.5 Å². The smallest absolute Gasteiger partial charge is 0.282 e. The average molecular weight is 410 g/mol. The Balaban J connectivity index is 1.72. The lowest BCUT2D eigenvalue weighted by Gasteiger charge is -2.14. The molecular weight excluding hydrogens is 392 g/mol. The zero-order chi connectivity index (χ0) is 21.1. The molecule has 0 aliphatic carbocycles. The van der Waals surface area contributed by atoms with Gasteiger partial charge in [0.1, 0.15) is 23.8 Å². The van der Waals surface area contributed by atoms with E-state index >= 15 is 0 Å². The van der Waals surface area contributed by atoms with Crippen molar-refractivity contribution in [3.05, 3.63) is 59.2 Å². The summed E-state index contributed by atoms with van der Waals surface area (Å²) in [6.07, 6.45) is -4.67. The van der Waals surface area contributed by atoms with Crippen LogP contribution in [-0.2, 0) is 11.3 Å². The van der Waals surface area contributed by atoms with Gasteiger partial charge in [0.25, 0.3) is 18.8 Å². The van der Waals surface area contributed by atoms with E-state index in [9.17, 15) is 22.4 Å². The molecule has 0 aliphatic heterocycles. The Bertz CT molecular complexity index is 1000. The number of aryl methyl sites for hydroxylation is 1. The Morgan fingerprint density at radius 2 is 1.86 bits per heavy atom. The summed E-state index contributed by atoms with van der Waals surface area (Å²) in [6, 6.07) is 7.01. The van der Waals surface area contributed by atoms with Crippen LogP contribution in [0, 0.1) is 6.92 Å². The Morgan fingerprint density at radius 3 is 2.52 bits per heavy atom. The number of benzene rings is 1. The molecule has 29 heavy (non-hydrogen) atoms. The Labute approximate surface area is 163 Å². The van der Waals surface area contributed by atoms with Crippen LogP contribution in [-0.4, -0.2) is 30.5 Å². The van der Waals surface area contributed by atoms with Crippen LogP contribution in [0.1, 0.15) is 48.3 Å². The number of nitrogens with zero attached hydrogens (tertiary/aromatic N) is 5. The molecule has 3 rings (SSSR count). The summed E-state index contributed by atoms with van der Waals surface area (Å²) < 4.78 is 54.0. The first-order valence-electron chi connectivity index (χ1n) is 8.66. The Morgan fingerprint density at radius 1 is 1.14 bits per heavy atom. The molecule has 2 heterocycles. The van der Waals surface area contributed by atoms with Crippen LogP contribution in [0.5, 0.6) is 0 Å². The van der Waals surface area contributed by atoms with Gasteiger partial charge in [0.15, 0.2) is 0 Å². The van der Waals surface area contributed by atoms with E-state index in [1.807, 2.05) is 31.2 Å². The molecule has 1 atom stereocenters.